The van der Waals surface area contributed by atoms with E-state index in [4.69, 9.17) is 0 Å². The molecule has 0 aliphatic rings. The lowest BCUT2D eigenvalue weighted by Gasteiger charge is -2.40. The van der Waals surface area contributed by atoms with Crippen molar-refractivity contribution in [2.75, 3.05) is 0 Å². The van der Waals surface area contributed by atoms with Crippen LogP contribution in [0.1, 0.15) is 156 Å². The van der Waals surface area contributed by atoms with Gasteiger partial charge in [0.25, 0.3) is 0 Å². The van der Waals surface area contributed by atoms with Crippen LogP contribution in [0.15, 0.2) is 60.7 Å². The highest BCUT2D eigenvalue weighted by atomic mass is 14.4. The maximum absolute atomic E-state index is 4.24. The van der Waals surface area contributed by atoms with Crippen LogP contribution in [0.3, 0.4) is 0 Å². The van der Waals surface area contributed by atoms with Crippen molar-refractivity contribution in [1.82, 2.24) is 0 Å². The van der Waals surface area contributed by atoms with E-state index in [0.717, 1.165) is 6.42 Å². The molecule has 0 aliphatic heterocycles. The van der Waals surface area contributed by atoms with Gasteiger partial charge in [-0.25, -0.2) is 0 Å². The standard InChI is InChI=1S/C38H60.C2H6/c1-28(2)22-36(8,9)23-33(31-18-14-29(3)15-19-31)24-37(10,11)25-34(32-20-16-30(4)17-21-32)26-38(12,13)27-35(5,6)7;1-2/h14-21,33-34H,1,22-27H2,2-13H3;1-2H3. The zero-order valence-corrected chi connectivity index (χ0v) is 29.2. The second-order valence-electron chi connectivity index (χ2n) is 16.4. The van der Waals surface area contributed by atoms with Gasteiger partial charge in [0.1, 0.15) is 0 Å². The molecular weight excluding hydrogens is 480 g/mol. The Kier molecular flexibility index (Phi) is 13.5. The van der Waals surface area contributed by atoms with Crippen LogP contribution >= 0.6 is 0 Å². The lowest BCUT2D eigenvalue weighted by atomic mass is 9.65. The number of rotatable bonds is 13. The molecule has 0 bridgehead atoms. The van der Waals surface area contributed by atoms with Gasteiger partial charge in [0.15, 0.2) is 0 Å². The number of benzene rings is 2. The first-order valence-electron chi connectivity index (χ1n) is 16.0. The van der Waals surface area contributed by atoms with Gasteiger partial charge in [-0.15, -0.1) is 6.58 Å². The summed E-state index contributed by atoms with van der Waals surface area (Å²) < 4.78 is 0. The van der Waals surface area contributed by atoms with Crippen LogP contribution in [0.25, 0.3) is 0 Å². The lowest BCUT2D eigenvalue weighted by Crippen LogP contribution is -2.27. The number of hydrogen-bond acceptors (Lipinski definition) is 0. The van der Waals surface area contributed by atoms with E-state index in [1.807, 2.05) is 13.8 Å². The molecule has 2 rings (SSSR count). The van der Waals surface area contributed by atoms with Gasteiger partial charge >= 0.3 is 0 Å². The van der Waals surface area contributed by atoms with Crippen LogP contribution in [0.5, 0.6) is 0 Å². The van der Waals surface area contributed by atoms with Gasteiger partial charge < -0.3 is 0 Å². The molecule has 0 saturated carbocycles. The Morgan fingerprint density at radius 3 is 1.23 bits per heavy atom. The molecule has 0 N–H and O–H groups in total. The van der Waals surface area contributed by atoms with Crippen LogP contribution in [-0.4, -0.2) is 0 Å². The summed E-state index contributed by atoms with van der Waals surface area (Å²) in [5, 5.41) is 0. The highest BCUT2D eigenvalue weighted by molar-refractivity contribution is 5.27. The summed E-state index contributed by atoms with van der Waals surface area (Å²) >= 11 is 0. The van der Waals surface area contributed by atoms with E-state index in [2.05, 4.69) is 138 Å². The third-order valence-electron chi connectivity index (χ3n) is 8.08. The first kappa shape index (κ1) is 36.2. The molecule has 2 aromatic rings. The second kappa shape index (κ2) is 14.9. The van der Waals surface area contributed by atoms with E-state index in [1.54, 1.807) is 0 Å². The topological polar surface area (TPSA) is 0 Å². The maximum Gasteiger partial charge on any atom is -0.0152 e. The minimum atomic E-state index is 0.224. The van der Waals surface area contributed by atoms with Gasteiger partial charge in [0.2, 0.25) is 0 Å². The Hall–Kier alpha value is -1.82. The van der Waals surface area contributed by atoms with Gasteiger partial charge in [-0.3, -0.25) is 0 Å². The second-order valence-corrected chi connectivity index (χ2v) is 16.4. The van der Waals surface area contributed by atoms with Gasteiger partial charge in [0, 0.05) is 0 Å². The highest BCUT2D eigenvalue weighted by Gasteiger charge is 2.35. The summed E-state index contributed by atoms with van der Waals surface area (Å²) in [7, 11) is 0. The fourth-order valence-corrected chi connectivity index (χ4v) is 7.44. The average molecular weight is 547 g/mol. The molecule has 226 valence electrons. The molecule has 0 saturated heterocycles. The largest absolute Gasteiger partial charge is 0.100 e. The predicted molar refractivity (Wildman–Crippen MR) is 183 cm³/mol. The van der Waals surface area contributed by atoms with Crippen molar-refractivity contribution in [1.29, 1.82) is 0 Å². The summed E-state index contributed by atoms with van der Waals surface area (Å²) in [6.07, 6.45) is 7.17. The minimum absolute atomic E-state index is 0.224. The number of aryl methyl sites for hydroxylation is 2. The number of allylic oxidation sites excluding steroid dienone is 1. The monoisotopic (exact) mass is 547 g/mol. The zero-order valence-electron chi connectivity index (χ0n) is 29.2. The molecule has 40 heavy (non-hydrogen) atoms. The van der Waals surface area contributed by atoms with Crippen LogP contribution in [-0.2, 0) is 0 Å². The van der Waals surface area contributed by atoms with E-state index >= 15 is 0 Å². The Morgan fingerprint density at radius 2 is 0.900 bits per heavy atom. The maximum atomic E-state index is 4.24. The SMILES string of the molecule is C=C(C)CC(C)(C)CC(CC(C)(C)CC(CC(C)(C)CC(C)(C)C)c1ccc(C)cc1)c1ccc(C)cc1.CC. The van der Waals surface area contributed by atoms with Crippen molar-refractivity contribution in [2.24, 2.45) is 21.7 Å². The van der Waals surface area contributed by atoms with E-state index < -0.39 is 0 Å². The highest BCUT2D eigenvalue weighted by Crippen LogP contribution is 2.48. The average Bonchev–Trinajstić information content (AvgIpc) is 2.77. The van der Waals surface area contributed by atoms with Crippen molar-refractivity contribution in [2.45, 2.75) is 147 Å². The van der Waals surface area contributed by atoms with E-state index in [9.17, 15) is 0 Å². The van der Waals surface area contributed by atoms with Gasteiger partial charge in [-0.2, -0.15) is 0 Å². The molecule has 0 amide bonds. The third kappa shape index (κ3) is 13.7. The van der Waals surface area contributed by atoms with Crippen molar-refractivity contribution in [3.05, 3.63) is 82.9 Å². The van der Waals surface area contributed by atoms with Crippen LogP contribution in [0, 0.1) is 35.5 Å². The van der Waals surface area contributed by atoms with E-state index in [0.29, 0.717) is 22.7 Å². The van der Waals surface area contributed by atoms with Crippen molar-refractivity contribution in [3.63, 3.8) is 0 Å². The molecule has 0 spiro atoms. The number of hydrogen-bond donors (Lipinski definition) is 0. The summed E-state index contributed by atoms with van der Waals surface area (Å²) in [4.78, 5) is 0. The predicted octanol–water partition coefficient (Wildman–Crippen LogP) is 13.2. The fraction of sp³-hybridized carbons (Fsp3) is 0.650. The molecule has 0 aromatic heterocycles. The molecule has 0 heteroatoms. The first-order valence-corrected chi connectivity index (χ1v) is 16.0. The smallest absolute Gasteiger partial charge is 0.0152 e. The minimum Gasteiger partial charge on any atom is -0.100 e. The molecule has 2 atom stereocenters. The molecule has 0 nitrogen and oxygen atoms in total. The van der Waals surface area contributed by atoms with Gasteiger partial charge in [-0.1, -0.05) is 141 Å². The van der Waals surface area contributed by atoms with E-state index in [1.165, 1.54) is 59.9 Å². The van der Waals surface area contributed by atoms with E-state index in [-0.39, 0.29) is 10.8 Å². The fourth-order valence-electron chi connectivity index (χ4n) is 7.44. The molecular formula is C40H66. The molecule has 2 unspecified atom stereocenters. The Morgan fingerprint density at radius 1 is 0.575 bits per heavy atom. The molecule has 2 aromatic carbocycles. The Labute approximate surface area is 251 Å². The molecule has 0 aliphatic carbocycles. The summed E-state index contributed by atoms with van der Waals surface area (Å²) in [5.41, 5.74) is 8.08. The van der Waals surface area contributed by atoms with Crippen molar-refractivity contribution < 1.29 is 0 Å². The first-order chi connectivity index (χ1) is 18.3. The normalized spacial score (nSPS) is 14.2. The lowest BCUT2D eigenvalue weighted by molar-refractivity contribution is 0.159. The van der Waals surface area contributed by atoms with Crippen molar-refractivity contribution >= 4 is 0 Å². The Balaban J connectivity index is 0.00000391. The Bertz CT molecular complexity index is 1010. The molecule has 0 radical (unpaired) electrons. The van der Waals surface area contributed by atoms with Gasteiger partial charge in [-0.05, 0) is 104 Å². The van der Waals surface area contributed by atoms with Crippen LogP contribution < -0.4 is 0 Å². The van der Waals surface area contributed by atoms with Gasteiger partial charge in [0.05, 0.1) is 0 Å². The molecule has 0 heterocycles. The molecule has 0 fully saturated rings. The third-order valence-corrected chi connectivity index (χ3v) is 8.08. The summed E-state index contributed by atoms with van der Waals surface area (Å²) in [6.45, 7) is 36.9. The quantitative estimate of drug-likeness (QED) is 0.219. The summed E-state index contributed by atoms with van der Waals surface area (Å²) in [5.74, 6) is 1.10. The zero-order chi connectivity index (χ0) is 30.9. The van der Waals surface area contributed by atoms with Crippen LogP contribution in [0.4, 0.5) is 0 Å². The van der Waals surface area contributed by atoms with Crippen molar-refractivity contribution in [3.8, 4) is 0 Å². The van der Waals surface area contributed by atoms with Crippen LogP contribution in [0.2, 0.25) is 0 Å². The summed E-state index contributed by atoms with van der Waals surface area (Å²) in [6, 6.07) is 18.8.